The molecule has 0 aliphatic carbocycles. The number of rotatable bonds is 6. The fraction of sp³-hybridized carbons (Fsp3) is 0.222. The molecule has 0 radical (unpaired) electrons. The normalized spacial score (nSPS) is 13.9. The summed E-state index contributed by atoms with van der Waals surface area (Å²) in [6.07, 6.45) is -4.04. The van der Waals surface area contributed by atoms with Crippen molar-refractivity contribution in [1.29, 1.82) is 0 Å². The molecule has 0 saturated heterocycles. The van der Waals surface area contributed by atoms with E-state index < -0.39 is 18.6 Å². The SMILES string of the molecule is OC(C(F)c1ccc(C#CCOc2ccc(F)cc2)cn1)C(F)n1cnnn1. The summed E-state index contributed by atoms with van der Waals surface area (Å²) in [4.78, 5) is 3.86. The minimum absolute atomic E-state index is 0.0628. The van der Waals surface area contributed by atoms with Crippen molar-refractivity contribution in [2.45, 2.75) is 18.6 Å². The van der Waals surface area contributed by atoms with Gasteiger partial charge in [0.2, 0.25) is 6.30 Å². The molecule has 3 rings (SSSR count). The molecule has 7 nitrogen and oxygen atoms in total. The number of aliphatic hydroxyl groups excluding tert-OH is 1. The molecule has 3 atom stereocenters. The zero-order valence-electron chi connectivity index (χ0n) is 14.3. The maximum Gasteiger partial charge on any atom is 0.224 e. The lowest BCUT2D eigenvalue weighted by Gasteiger charge is -2.18. The van der Waals surface area contributed by atoms with Crippen LogP contribution in [0.25, 0.3) is 0 Å². The molecule has 0 aliphatic rings. The molecule has 0 amide bonds. The zero-order chi connectivity index (χ0) is 19.9. The number of alkyl halides is 2. The summed E-state index contributed by atoms with van der Waals surface area (Å²) in [7, 11) is 0. The third-order valence-corrected chi connectivity index (χ3v) is 3.63. The number of halogens is 3. The van der Waals surface area contributed by atoms with Crippen LogP contribution in [0.1, 0.15) is 23.7 Å². The third-order valence-electron chi connectivity index (χ3n) is 3.63. The number of aliphatic hydroxyl groups is 1. The Hall–Kier alpha value is -3.45. The van der Waals surface area contributed by atoms with Crippen LogP contribution in [0.2, 0.25) is 0 Å². The Bertz CT molecular complexity index is 940. The van der Waals surface area contributed by atoms with E-state index in [2.05, 4.69) is 32.4 Å². The van der Waals surface area contributed by atoms with Crippen LogP contribution in [0, 0.1) is 17.7 Å². The van der Waals surface area contributed by atoms with Crippen molar-refractivity contribution in [3.8, 4) is 17.6 Å². The third kappa shape index (κ3) is 4.83. The second kappa shape index (κ2) is 8.96. The summed E-state index contributed by atoms with van der Waals surface area (Å²) >= 11 is 0. The second-order valence-electron chi connectivity index (χ2n) is 5.57. The van der Waals surface area contributed by atoms with Gasteiger partial charge in [0, 0.05) is 11.8 Å². The highest BCUT2D eigenvalue weighted by atomic mass is 19.2. The topological polar surface area (TPSA) is 86.0 Å². The van der Waals surface area contributed by atoms with Gasteiger partial charge in [-0.1, -0.05) is 11.8 Å². The van der Waals surface area contributed by atoms with E-state index in [0.717, 1.165) is 6.33 Å². The molecule has 28 heavy (non-hydrogen) atoms. The van der Waals surface area contributed by atoms with Crippen LogP contribution in [0.4, 0.5) is 13.2 Å². The summed E-state index contributed by atoms with van der Waals surface area (Å²) in [5, 5.41) is 19.5. The van der Waals surface area contributed by atoms with Gasteiger partial charge in [0.1, 0.15) is 30.6 Å². The van der Waals surface area contributed by atoms with Gasteiger partial charge in [-0.05, 0) is 46.8 Å². The van der Waals surface area contributed by atoms with Crippen molar-refractivity contribution in [1.82, 2.24) is 25.2 Å². The number of tetrazole rings is 1. The van der Waals surface area contributed by atoms with E-state index in [1.165, 1.54) is 42.6 Å². The number of hydrogen-bond acceptors (Lipinski definition) is 6. The van der Waals surface area contributed by atoms with Crippen molar-refractivity contribution < 1.29 is 23.0 Å². The summed E-state index contributed by atoms with van der Waals surface area (Å²) in [6, 6.07) is 8.28. The Morgan fingerprint density at radius 3 is 2.57 bits per heavy atom. The predicted octanol–water partition coefficient (Wildman–Crippen LogP) is 2.18. The number of aromatic nitrogens is 5. The average Bonchev–Trinajstić information content (AvgIpc) is 3.26. The molecule has 1 aromatic carbocycles. The van der Waals surface area contributed by atoms with E-state index in [9.17, 15) is 18.3 Å². The van der Waals surface area contributed by atoms with Gasteiger partial charge < -0.3 is 9.84 Å². The number of pyridine rings is 1. The molecule has 0 bridgehead atoms. The van der Waals surface area contributed by atoms with Crippen molar-refractivity contribution in [2.24, 2.45) is 0 Å². The number of benzene rings is 1. The Morgan fingerprint density at radius 1 is 1.14 bits per heavy atom. The molecule has 0 saturated carbocycles. The van der Waals surface area contributed by atoms with Crippen molar-refractivity contribution in [2.75, 3.05) is 6.61 Å². The van der Waals surface area contributed by atoms with Crippen LogP contribution in [0.5, 0.6) is 5.75 Å². The van der Waals surface area contributed by atoms with Gasteiger partial charge in [0.25, 0.3) is 0 Å². The van der Waals surface area contributed by atoms with E-state index in [0.29, 0.717) is 16.0 Å². The van der Waals surface area contributed by atoms with E-state index in [1.807, 2.05) is 0 Å². The van der Waals surface area contributed by atoms with Gasteiger partial charge in [0.15, 0.2) is 6.17 Å². The molecular formula is C18H14F3N5O2. The standard InChI is InChI=1S/C18H14F3N5O2/c19-13-4-6-14(7-5-13)28-9-1-2-12-3-8-15(22-10-12)16(20)17(27)18(21)26-11-23-24-25-26/h3-8,10-11,16-18,27H,9H2. The van der Waals surface area contributed by atoms with Crippen LogP contribution in [0.3, 0.4) is 0 Å². The lowest BCUT2D eigenvalue weighted by atomic mass is 10.1. The number of hydrogen-bond donors (Lipinski definition) is 1. The van der Waals surface area contributed by atoms with Crippen LogP contribution in [-0.4, -0.2) is 43.0 Å². The van der Waals surface area contributed by atoms with Crippen molar-refractivity contribution in [3.05, 3.63) is 66.0 Å². The smallest absolute Gasteiger partial charge is 0.224 e. The Morgan fingerprint density at radius 2 is 1.93 bits per heavy atom. The molecule has 144 valence electrons. The first-order chi connectivity index (χ1) is 13.5. The van der Waals surface area contributed by atoms with Crippen molar-refractivity contribution in [3.63, 3.8) is 0 Å². The van der Waals surface area contributed by atoms with Gasteiger partial charge in [-0.3, -0.25) is 4.98 Å². The molecule has 2 aromatic heterocycles. The Kier molecular flexibility index (Phi) is 6.18. The highest BCUT2D eigenvalue weighted by molar-refractivity contribution is 5.33. The number of nitrogens with zero attached hydrogens (tertiary/aromatic N) is 5. The quantitative estimate of drug-likeness (QED) is 0.651. The molecule has 0 spiro atoms. The first kappa shape index (κ1) is 19.3. The molecule has 0 fully saturated rings. The molecule has 3 aromatic rings. The van der Waals surface area contributed by atoms with Gasteiger partial charge >= 0.3 is 0 Å². The van der Waals surface area contributed by atoms with E-state index in [1.54, 1.807) is 0 Å². The molecular weight excluding hydrogens is 375 g/mol. The maximum atomic E-state index is 14.3. The van der Waals surface area contributed by atoms with E-state index >= 15 is 0 Å². The lowest BCUT2D eigenvalue weighted by molar-refractivity contribution is -0.0294. The Balaban J connectivity index is 1.56. The summed E-state index contributed by atoms with van der Waals surface area (Å²) in [5.74, 6) is 5.61. The lowest BCUT2D eigenvalue weighted by Crippen LogP contribution is -2.26. The first-order valence-electron chi connectivity index (χ1n) is 8.06. The molecule has 0 aliphatic heterocycles. The Labute approximate surface area is 157 Å². The van der Waals surface area contributed by atoms with Crippen molar-refractivity contribution >= 4 is 0 Å². The molecule has 10 heteroatoms. The second-order valence-corrected chi connectivity index (χ2v) is 5.57. The summed E-state index contributed by atoms with van der Waals surface area (Å²) < 4.78 is 47.0. The van der Waals surface area contributed by atoms with Gasteiger partial charge in [-0.2, -0.15) is 4.68 Å². The fourth-order valence-electron chi connectivity index (χ4n) is 2.18. The summed E-state index contributed by atoms with van der Waals surface area (Å²) in [6.45, 7) is 0.0628. The number of ether oxygens (including phenoxy) is 1. The fourth-order valence-corrected chi connectivity index (χ4v) is 2.18. The summed E-state index contributed by atoms with van der Waals surface area (Å²) in [5.41, 5.74) is 0.321. The predicted molar refractivity (Wildman–Crippen MR) is 90.8 cm³/mol. The van der Waals surface area contributed by atoms with Gasteiger partial charge in [-0.25, -0.2) is 13.2 Å². The highest BCUT2D eigenvalue weighted by Crippen LogP contribution is 2.27. The zero-order valence-corrected chi connectivity index (χ0v) is 14.3. The maximum absolute atomic E-state index is 14.3. The van der Waals surface area contributed by atoms with E-state index in [-0.39, 0.29) is 18.1 Å². The average molecular weight is 389 g/mol. The van der Waals surface area contributed by atoms with E-state index in [4.69, 9.17) is 4.74 Å². The van der Waals surface area contributed by atoms with Crippen LogP contribution < -0.4 is 4.74 Å². The monoisotopic (exact) mass is 389 g/mol. The molecule has 2 heterocycles. The minimum Gasteiger partial charge on any atom is -0.481 e. The largest absolute Gasteiger partial charge is 0.481 e. The molecule has 1 N–H and O–H groups in total. The first-order valence-corrected chi connectivity index (χ1v) is 8.06. The highest BCUT2D eigenvalue weighted by Gasteiger charge is 2.32. The van der Waals surface area contributed by atoms with Gasteiger partial charge in [-0.15, -0.1) is 5.10 Å². The minimum atomic E-state index is -2.16. The van der Waals surface area contributed by atoms with Crippen LogP contribution >= 0.6 is 0 Å². The van der Waals surface area contributed by atoms with Crippen LogP contribution in [0.15, 0.2) is 48.9 Å². The molecule has 3 unspecified atom stereocenters. The van der Waals surface area contributed by atoms with Gasteiger partial charge in [0.05, 0.1) is 5.69 Å². The van der Waals surface area contributed by atoms with Crippen LogP contribution in [-0.2, 0) is 0 Å².